The van der Waals surface area contributed by atoms with Crippen LogP contribution in [0.25, 0.3) is 11.4 Å². The minimum atomic E-state index is -0.224. The van der Waals surface area contributed by atoms with Crippen LogP contribution in [0.15, 0.2) is 54.7 Å². The van der Waals surface area contributed by atoms with Crippen LogP contribution in [0.5, 0.6) is 0 Å². The van der Waals surface area contributed by atoms with E-state index in [1.54, 1.807) is 12.1 Å². The number of aromatic nitrogens is 2. The highest BCUT2D eigenvalue weighted by atomic mass is 19.1. The molecule has 3 rings (SSSR count). The van der Waals surface area contributed by atoms with E-state index in [4.69, 9.17) is 4.98 Å². The molecule has 1 aromatic heterocycles. The molecule has 3 aromatic rings. The first-order valence-electron chi connectivity index (χ1n) is 11.8. The summed E-state index contributed by atoms with van der Waals surface area (Å²) in [5.41, 5.74) is 4.45. The third-order valence-electron chi connectivity index (χ3n) is 5.81. The zero-order valence-electron chi connectivity index (χ0n) is 19.9. The number of rotatable bonds is 12. The first-order chi connectivity index (χ1) is 15.5. The van der Waals surface area contributed by atoms with Gasteiger partial charge in [0.05, 0.1) is 11.9 Å². The predicted molar refractivity (Wildman–Crippen MR) is 132 cm³/mol. The third-order valence-corrected chi connectivity index (χ3v) is 5.81. The maximum atomic E-state index is 13.9. The highest BCUT2D eigenvalue weighted by molar-refractivity contribution is 5.56. The fourth-order valence-electron chi connectivity index (χ4n) is 3.88. The molecule has 0 fully saturated rings. The molecule has 32 heavy (non-hydrogen) atoms. The fourth-order valence-corrected chi connectivity index (χ4v) is 3.88. The number of imidazole rings is 1. The minimum absolute atomic E-state index is 0.224. The summed E-state index contributed by atoms with van der Waals surface area (Å²) >= 11 is 0. The normalized spacial score (nSPS) is 11.5. The van der Waals surface area contributed by atoms with Crippen molar-refractivity contribution in [2.24, 2.45) is 5.92 Å². The summed E-state index contributed by atoms with van der Waals surface area (Å²) in [6, 6.07) is 15.4. The van der Waals surface area contributed by atoms with Gasteiger partial charge in [-0.25, -0.2) is 9.37 Å². The maximum Gasteiger partial charge on any atom is 0.140 e. The van der Waals surface area contributed by atoms with Crippen LogP contribution in [-0.4, -0.2) is 28.0 Å². The van der Waals surface area contributed by atoms with Crippen molar-refractivity contribution in [1.29, 1.82) is 0 Å². The van der Waals surface area contributed by atoms with Gasteiger partial charge in [-0.3, -0.25) is 4.90 Å². The van der Waals surface area contributed by atoms with Gasteiger partial charge in [0, 0.05) is 37.9 Å². The van der Waals surface area contributed by atoms with E-state index in [1.165, 1.54) is 17.3 Å². The number of nitrogens with zero attached hydrogens (tertiary/aromatic N) is 3. The molecule has 2 aromatic carbocycles. The smallest absolute Gasteiger partial charge is 0.140 e. The predicted octanol–water partition coefficient (Wildman–Crippen LogP) is 6.58. The van der Waals surface area contributed by atoms with E-state index < -0.39 is 0 Å². The highest BCUT2D eigenvalue weighted by Gasteiger charge is 2.16. The molecule has 0 saturated heterocycles. The van der Waals surface area contributed by atoms with Gasteiger partial charge in [-0.1, -0.05) is 51.5 Å². The van der Waals surface area contributed by atoms with Gasteiger partial charge in [-0.05, 0) is 55.1 Å². The van der Waals surface area contributed by atoms with Crippen LogP contribution in [0.3, 0.4) is 0 Å². The number of unbranched alkanes of at least 4 members (excludes halogenated alkanes) is 1. The standard InChI is InChI=1S/C27H37FN4/c1-5-6-15-32-26(18-30-27(32)23-8-7-9-24(28)17-23)20-31(16-14-21(2)3)19-22-10-12-25(29-4)13-11-22/h7-13,17-18,21,29H,5-6,14-16,19-20H2,1-4H3. The van der Waals surface area contributed by atoms with E-state index in [0.717, 1.165) is 62.5 Å². The monoisotopic (exact) mass is 436 g/mol. The minimum Gasteiger partial charge on any atom is -0.388 e. The molecule has 0 radical (unpaired) electrons. The fraction of sp³-hybridized carbons (Fsp3) is 0.444. The summed E-state index contributed by atoms with van der Waals surface area (Å²) in [5.74, 6) is 1.28. The lowest BCUT2D eigenvalue weighted by Crippen LogP contribution is -2.26. The number of hydrogen-bond donors (Lipinski definition) is 1. The maximum absolute atomic E-state index is 13.9. The zero-order valence-corrected chi connectivity index (χ0v) is 19.9. The molecule has 0 aliphatic carbocycles. The number of anilines is 1. The Kier molecular flexibility index (Phi) is 8.86. The van der Waals surface area contributed by atoms with Crippen LogP contribution < -0.4 is 5.32 Å². The van der Waals surface area contributed by atoms with Crippen molar-refractivity contribution in [3.05, 3.63) is 71.8 Å². The van der Waals surface area contributed by atoms with E-state index in [-0.39, 0.29) is 5.82 Å². The number of hydrogen-bond acceptors (Lipinski definition) is 3. The van der Waals surface area contributed by atoms with Gasteiger partial charge in [0.2, 0.25) is 0 Å². The molecule has 5 heteroatoms. The Labute approximate surface area is 192 Å². The van der Waals surface area contributed by atoms with E-state index in [2.05, 4.69) is 59.8 Å². The van der Waals surface area contributed by atoms with Crippen molar-refractivity contribution in [1.82, 2.24) is 14.5 Å². The quantitative estimate of drug-likeness (QED) is 0.348. The SMILES string of the molecule is CCCCn1c(CN(CCC(C)C)Cc2ccc(NC)cc2)cnc1-c1cccc(F)c1. The van der Waals surface area contributed by atoms with Gasteiger partial charge in [0.1, 0.15) is 11.6 Å². The number of halogens is 1. The molecule has 1 heterocycles. The largest absolute Gasteiger partial charge is 0.388 e. The number of nitrogens with one attached hydrogen (secondary N) is 1. The van der Waals surface area contributed by atoms with Gasteiger partial charge >= 0.3 is 0 Å². The molecule has 0 spiro atoms. The van der Waals surface area contributed by atoms with Crippen LogP contribution in [0.4, 0.5) is 10.1 Å². The highest BCUT2D eigenvalue weighted by Crippen LogP contribution is 2.23. The van der Waals surface area contributed by atoms with E-state index >= 15 is 0 Å². The van der Waals surface area contributed by atoms with E-state index in [1.807, 2.05) is 19.3 Å². The molecule has 0 bridgehead atoms. The zero-order chi connectivity index (χ0) is 22.9. The molecule has 0 unspecified atom stereocenters. The average molecular weight is 437 g/mol. The Morgan fingerprint density at radius 2 is 1.88 bits per heavy atom. The van der Waals surface area contributed by atoms with Crippen LogP contribution in [-0.2, 0) is 19.6 Å². The molecular formula is C27H37FN4. The summed E-state index contributed by atoms with van der Waals surface area (Å²) < 4.78 is 16.2. The van der Waals surface area contributed by atoms with Crippen molar-refractivity contribution in [3.8, 4) is 11.4 Å². The number of benzene rings is 2. The summed E-state index contributed by atoms with van der Waals surface area (Å²) in [6.07, 6.45) is 5.30. The molecule has 0 aliphatic heterocycles. The third kappa shape index (κ3) is 6.67. The lowest BCUT2D eigenvalue weighted by atomic mass is 10.1. The Hall–Kier alpha value is -2.66. The Balaban J connectivity index is 1.86. The van der Waals surface area contributed by atoms with E-state index in [9.17, 15) is 4.39 Å². The van der Waals surface area contributed by atoms with Gasteiger partial charge in [-0.15, -0.1) is 0 Å². The van der Waals surface area contributed by atoms with E-state index in [0.29, 0.717) is 5.92 Å². The van der Waals surface area contributed by atoms with Crippen LogP contribution in [0, 0.1) is 11.7 Å². The Bertz CT molecular complexity index is 962. The van der Waals surface area contributed by atoms with Crippen LogP contribution in [0.2, 0.25) is 0 Å². The van der Waals surface area contributed by atoms with Crippen molar-refractivity contribution >= 4 is 5.69 Å². The average Bonchev–Trinajstić information content (AvgIpc) is 3.18. The Morgan fingerprint density at radius 1 is 1.09 bits per heavy atom. The Morgan fingerprint density at radius 3 is 2.53 bits per heavy atom. The van der Waals surface area contributed by atoms with Crippen molar-refractivity contribution < 1.29 is 4.39 Å². The molecule has 172 valence electrons. The molecule has 0 atom stereocenters. The first-order valence-corrected chi connectivity index (χ1v) is 11.8. The van der Waals surface area contributed by atoms with Gasteiger partial charge < -0.3 is 9.88 Å². The second-order valence-electron chi connectivity index (χ2n) is 8.93. The van der Waals surface area contributed by atoms with Gasteiger partial charge in [-0.2, -0.15) is 0 Å². The van der Waals surface area contributed by atoms with Crippen molar-refractivity contribution in [2.75, 3.05) is 18.9 Å². The summed E-state index contributed by atoms with van der Waals surface area (Å²) in [5, 5.41) is 3.18. The second kappa shape index (κ2) is 11.8. The topological polar surface area (TPSA) is 33.1 Å². The lowest BCUT2D eigenvalue weighted by Gasteiger charge is -2.24. The van der Waals surface area contributed by atoms with Crippen molar-refractivity contribution in [2.45, 2.75) is 59.7 Å². The summed E-state index contributed by atoms with van der Waals surface area (Å²) in [4.78, 5) is 7.22. The molecule has 1 N–H and O–H groups in total. The molecule has 4 nitrogen and oxygen atoms in total. The van der Waals surface area contributed by atoms with Crippen LogP contribution in [0.1, 0.15) is 51.3 Å². The molecular weight excluding hydrogens is 399 g/mol. The lowest BCUT2D eigenvalue weighted by molar-refractivity contribution is 0.235. The van der Waals surface area contributed by atoms with Crippen LogP contribution >= 0.6 is 0 Å². The first kappa shape index (κ1) is 24.0. The van der Waals surface area contributed by atoms with Gasteiger partial charge in [0.25, 0.3) is 0 Å². The molecule has 0 aliphatic rings. The molecule has 0 saturated carbocycles. The van der Waals surface area contributed by atoms with Gasteiger partial charge in [0.15, 0.2) is 0 Å². The second-order valence-corrected chi connectivity index (χ2v) is 8.93. The summed E-state index contributed by atoms with van der Waals surface area (Å²) in [6.45, 7) is 10.4. The van der Waals surface area contributed by atoms with Crippen molar-refractivity contribution in [3.63, 3.8) is 0 Å². The molecule has 0 amide bonds. The summed E-state index contributed by atoms with van der Waals surface area (Å²) in [7, 11) is 1.94.